The summed E-state index contributed by atoms with van der Waals surface area (Å²) in [6, 6.07) is 26.8. The van der Waals surface area contributed by atoms with Crippen molar-refractivity contribution in [2.45, 2.75) is 38.0 Å². The molecule has 1 atom stereocenters. The Balaban J connectivity index is 1.21. The fourth-order valence-corrected chi connectivity index (χ4v) is 6.75. The molecule has 0 aliphatic carbocycles. The number of carbonyl (C=O) groups is 2. The molecule has 0 saturated heterocycles. The number of aromatic nitrogens is 3. The topological polar surface area (TPSA) is 111 Å². The van der Waals surface area contributed by atoms with Crippen LogP contribution >= 0.6 is 23.1 Å². The van der Waals surface area contributed by atoms with Crippen molar-refractivity contribution in [3.63, 3.8) is 0 Å². The van der Waals surface area contributed by atoms with Crippen LogP contribution in [-0.4, -0.2) is 56.8 Å². The summed E-state index contributed by atoms with van der Waals surface area (Å²) in [5, 5.41) is 20.7. The van der Waals surface area contributed by atoms with Gasteiger partial charge in [-0.05, 0) is 72.3 Å². The highest BCUT2D eigenvalue weighted by Crippen LogP contribution is 2.35. The van der Waals surface area contributed by atoms with Crippen LogP contribution in [0.3, 0.4) is 0 Å². The minimum Gasteiger partial charge on any atom is -0.497 e. The molecule has 3 heterocycles. The number of carbonyl (C=O) groups excluding carboxylic acids is 2. The highest BCUT2D eigenvalue weighted by atomic mass is 32.2. The third kappa shape index (κ3) is 7.55. The minimum absolute atomic E-state index is 0.0914. The average molecular weight is 667 g/mol. The number of nitrogens with one attached hydrogen (secondary N) is 1. The Hall–Kier alpha value is -4.94. The van der Waals surface area contributed by atoms with Gasteiger partial charge < -0.3 is 14.8 Å². The van der Waals surface area contributed by atoms with Crippen molar-refractivity contribution < 1.29 is 19.1 Å². The fourth-order valence-electron chi connectivity index (χ4n) is 5.21. The second-order valence-corrected chi connectivity index (χ2v) is 12.8. The van der Waals surface area contributed by atoms with Crippen molar-refractivity contribution in [2.24, 2.45) is 5.10 Å². The van der Waals surface area contributed by atoms with Crippen LogP contribution in [0, 0.1) is 13.8 Å². The molecule has 6 rings (SSSR count). The first-order valence-electron chi connectivity index (χ1n) is 15.1. The summed E-state index contributed by atoms with van der Waals surface area (Å²) < 4.78 is 12.8. The molecule has 0 radical (unpaired) electrons. The van der Waals surface area contributed by atoms with Gasteiger partial charge in [-0.15, -0.1) is 21.5 Å². The van der Waals surface area contributed by atoms with Crippen LogP contribution in [-0.2, 0) is 16.1 Å². The first-order valence-corrected chi connectivity index (χ1v) is 16.9. The van der Waals surface area contributed by atoms with Gasteiger partial charge in [0.2, 0.25) is 0 Å². The van der Waals surface area contributed by atoms with Gasteiger partial charge in [0.1, 0.15) is 11.5 Å². The monoisotopic (exact) mass is 666 g/mol. The van der Waals surface area contributed by atoms with Crippen LogP contribution in [0.5, 0.6) is 11.5 Å². The van der Waals surface area contributed by atoms with Gasteiger partial charge in [-0.25, -0.2) is 5.01 Å². The number of thioether (sulfide) groups is 1. The van der Waals surface area contributed by atoms with Crippen LogP contribution in [0.4, 0.5) is 0 Å². The molecule has 240 valence electrons. The molecule has 47 heavy (non-hydrogen) atoms. The number of hydrogen-bond acceptors (Lipinski definition) is 9. The number of benzene rings is 3. The predicted octanol–water partition coefficient (Wildman–Crippen LogP) is 6.12. The SMILES string of the molecule is COc1ccc([C@@H]2CC(c3cccs3)=NN2C(=O)CSc2nnc(CNC(=O)COc3ccccc3)n2-c2cc(C)ccc2C)cc1. The highest BCUT2D eigenvalue weighted by molar-refractivity contribution is 7.99. The zero-order valence-corrected chi connectivity index (χ0v) is 27.9. The molecular formula is C35H34N6O4S2. The quantitative estimate of drug-likeness (QED) is 0.160. The maximum absolute atomic E-state index is 13.9. The van der Waals surface area contributed by atoms with Crippen molar-refractivity contribution in [2.75, 3.05) is 19.5 Å². The standard InChI is InChI=1S/C35H34N6O4S2/c1-23-11-12-24(2)29(18-23)40-32(20-36-33(42)21-45-27-8-5-4-6-9-27)37-38-35(40)47-22-34(43)41-30(25-13-15-26(44-3)16-14-25)19-28(39-41)31-10-7-17-46-31/h4-18,30H,19-22H2,1-3H3,(H,36,42)/t30-/m0/s1. The maximum atomic E-state index is 13.9. The molecule has 2 aromatic heterocycles. The fraction of sp³-hybridized carbons (Fsp3) is 0.229. The van der Waals surface area contributed by atoms with Crippen LogP contribution in [0.25, 0.3) is 5.69 Å². The van der Waals surface area contributed by atoms with E-state index in [1.807, 2.05) is 96.6 Å². The number of thiophene rings is 1. The molecule has 1 aliphatic rings. The molecule has 5 aromatic rings. The van der Waals surface area contributed by atoms with E-state index in [-0.39, 0.29) is 36.8 Å². The lowest BCUT2D eigenvalue weighted by atomic mass is 10.0. The molecule has 0 saturated carbocycles. The van der Waals surface area contributed by atoms with Crippen molar-refractivity contribution in [1.29, 1.82) is 0 Å². The van der Waals surface area contributed by atoms with Crippen LogP contribution in [0.1, 0.15) is 39.9 Å². The Morgan fingerprint density at radius 2 is 1.79 bits per heavy atom. The molecule has 3 aromatic carbocycles. The first kappa shape index (κ1) is 32.0. The third-order valence-electron chi connectivity index (χ3n) is 7.66. The predicted molar refractivity (Wildman–Crippen MR) is 183 cm³/mol. The zero-order chi connectivity index (χ0) is 32.8. The van der Waals surface area contributed by atoms with Gasteiger partial charge in [-0.1, -0.05) is 60.3 Å². The average Bonchev–Trinajstić information content (AvgIpc) is 3.87. The molecule has 0 spiro atoms. The second-order valence-electron chi connectivity index (χ2n) is 10.9. The van der Waals surface area contributed by atoms with Gasteiger partial charge >= 0.3 is 0 Å². The lowest BCUT2D eigenvalue weighted by Crippen LogP contribution is -2.29. The van der Waals surface area contributed by atoms with Gasteiger partial charge in [0.05, 0.1) is 41.7 Å². The Labute approximate surface area is 281 Å². The highest BCUT2D eigenvalue weighted by Gasteiger charge is 2.34. The smallest absolute Gasteiger partial charge is 0.258 e. The van der Waals surface area contributed by atoms with Crippen molar-refractivity contribution in [1.82, 2.24) is 25.1 Å². The van der Waals surface area contributed by atoms with E-state index < -0.39 is 0 Å². The molecule has 0 bridgehead atoms. The van der Waals surface area contributed by atoms with E-state index in [9.17, 15) is 9.59 Å². The van der Waals surface area contributed by atoms with Crippen LogP contribution in [0.15, 0.2) is 101 Å². The minimum atomic E-state index is -0.285. The van der Waals surface area contributed by atoms with E-state index in [4.69, 9.17) is 14.6 Å². The summed E-state index contributed by atoms with van der Waals surface area (Å²) in [6.07, 6.45) is 0.611. The van der Waals surface area contributed by atoms with Gasteiger partial charge in [-0.3, -0.25) is 14.2 Å². The van der Waals surface area contributed by atoms with Gasteiger partial charge in [-0.2, -0.15) is 5.10 Å². The lowest BCUT2D eigenvalue weighted by molar-refractivity contribution is -0.130. The number of hydrazone groups is 1. The van der Waals surface area contributed by atoms with E-state index in [1.165, 1.54) is 11.8 Å². The number of amides is 2. The first-order chi connectivity index (χ1) is 22.9. The number of aryl methyl sites for hydroxylation is 2. The molecule has 1 N–H and O–H groups in total. The van der Waals surface area contributed by atoms with E-state index in [0.717, 1.165) is 38.7 Å². The Bertz CT molecular complexity index is 1870. The van der Waals surface area contributed by atoms with Gasteiger partial charge in [0, 0.05) is 6.42 Å². The summed E-state index contributed by atoms with van der Waals surface area (Å²) >= 11 is 2.90. The normalized spacial score (nSPS) is 14.1. The second kappa shape index (κ2) is 14.7. The lowest BCUT2D eigenvalue weighted by Gasteiger charge is -2.22. The summed E-state index contributed by atoms with van der Waals surface area (Å²) in [6.45, 7) is 4.03. The van der Waals surface area contributed by atoms with Crippen molar-refractivity contribution >= 4 is 40.6 Å². The summed E-state index contributed by atoms with van der Waals surface area (Å²) in [7, 11) is 1.63. The summed E-state index contributed by atoms with van der Waals surface area (Å²) in [5.41, 5.74) is 4.81. The molecule has 1 aliphatic heterocycles. The van der Waals surface area contributed by atoms with Gasteiger partial charge in [0.15, 0.2) is 17.6 Å². The van der Waals surface area contributed by atoms with E-state index >= 15 is 0 Å². The Kier molecular flexibility index (Phi) is 9.98. The molecule has 2 amide bonds. The number of rotatable bonds is 12. The molecule has 0 fully saturated rings. The number of nitrogens with zero attached hydrogens (tertiary/aromatic N) is 5. The Morgan fingerprint density at radius 3 is 2.53 bits per heavy atom. The number of hydrogen-bond donors (Lipinski definition) is 1. The zero-order valence-electron chi connectivity index (χ0n) is 26.3. The number of para-hydroxylation sites is 1. The largest absolute Gasteiger partial charge is 0.497 e. The molecule has 0 unspecified atom stereocenters. The molecule has 12 heteroatoms. The summed E-state index contributed by atoms with van der Waals surface area (Å²) in [5.74, 6) is 1.56. The number of methoxy groups -OCH3 is 1. The van der Waals surface area contributed by atoms with E-state index in [2.05, 4.69) is 15.5 Å². The molecule has 10 nitrogen and oxygen atoms in total. The molecular weight excluding hydrogens is 633 g/mol. The van der Waals surface area contributed by atoms with Crippen molar-refractivity contribution in [3.05, 3.63) is 118 Å². The maximum Gasteiger partial charge on any atom is 0.258 e. The number of ether oxygens (including phenoxy) is 2. The van der Waals surface area contributed by atoms with Crippen LogP contribution < -0.4 is 14.8 Å². The third-order valence-corrected chi connectivity index (χ3v) is 9.49. The van der Waals surface area contributed by atoms with Crippen molar-refractivity contribution in [3.8, 4) is 17.2 Å². The van der Waals surface area contributed by atoms with E-state index in [1.54, 1.807) is 35.6 Å². The van der Waals surface area contributed by atoms with Gasteiger partial charge in [0.25, 0.3) is 11.8 Å². The van der Waals surface area contributed by atoms with Crippen LogP contribution in [0.2, 0.25) is 0 Å². The van der Waals surface area contributed by atoms with E-state index in [0.29, 0.717) is 23.2 Å². The Morgan fingerprint density at radius 1 is 0.979 bits per heavy atom. The summed E-state index contributed by atoms with van der Waals surface area (Å²) in [4.78, 5) is 27.6.